The third-order valence-corrected chi connectivity index (χ3v) is 5.82. The van der Waals surface area contributed by atoms with Crippen molar-refractivity contribution in [1.29, 1.82) is 0 Å². The number of aromatic nitrogens is 2. The second-order valence-electron chi connectivity index (χ2n) is 7.63. The first-order valence-corrected chi connectivity index (χ1v) is 9.94. The molecule has 6 nitrogen and oxygen atoms in total. The number of aliphatic imine (C=N–C) groups is 1. The molecular formula is C19H29N5O. The van der Waals surface area contributed by atoms with Crippen molar-refractivity contribution >= 4 is 17.7 Å². The number of nitrogens with one attached hydrogen (secondary N) is 1. The summed E-state index contributed by atoms with van der Waals surface area (Å²) in [7, 11) is 1.83. The normalized spacial score (nSPS) is 24.4. The zero-order valence-corrected chi connectivity index (χ0v) is 15.4. The topological polar surface area (TPSA) is 64.6 Å². The molecule has 0 radical (unpaired) electrons. The number of unbranched alkanes of at least 4 members (excludes halogenated alkanes) is 5. The lowest BCUT2D eigenvalue weighted by molar-refractivity contribution is 0.0859. The maximum atomic E-state index is 12.7. The van der Waals surface area contributed by atoms with Crippen LogP contribution in [0.1, 0.15) is 81.0 Å². The first kappa shape index (κ1) is 16.6. The van der Waals surface area contributed by atoms with Crippen LogP contribution in [0.3, 0.4) is 0 Å². The van der Waals surface area contributed by atoms with Crippen LogP contribution >= 0.6 is 0 Å². The molecule has 0 saturated heterocycles. The van der Waals surface area contributed by atoms with Crippen LogP contribution in [0.4, 0.5) is 5.82 Å². The van der Waals surface area contributed by atoms with Gasteiger partial charge in [-0.15, -0.1) is 0 Å². The number of H-pyrrole nitrogens is 1. The lowest BCUT2D eigenvalue weighted by Gasteiger charge is -2.33. The molecule has 0 aromatic carbocycles. The predicted molar refractivity (Wildman–Crippen MR) is 99.1 cm³/mol. The molecular weight excluding hydrogens is 314 g/mol. The van der Waals surface area contributed by atoms with Crippen LogP contribution in [-0.2, 0) is 6.42 Å². The van der Waals surface area contributed by atoms with E-state index in [9.17, 15) is 4.79 Å². The van der Waals surface area contributed by atoms with Crippen LogP contribution in [-0.4, -0.2) is 45.9 Å². The van der Waals surface area contributed by atoms with E-state index in [1.54, 1.807) is 4.90 Å². The van der Waals surface area contributed by atoms with E-state index in [0.29, 0.717) is 17.8 Å². The van der Waals surface area contributed by atoms with Gasteiger partial charge < -0.3 is 4.98 Å². The van der Waals surface area contributed by atoms with Gasteiger partial charge in [0, 0.05) is 13.5 Å². The zero-order chi connectivity index (χ0) is 17.4. The summed E-state index contributed by atoms with van der Waals surface area (Å²) in [5.74, 6) is 2.55. The Balaban J connectivity index is 1.48. The first-order valence-electron chi connectivity index (χ1n) is 9.94. The number of imidazole rings is 1. The summed E-state index contributed by atoms with van der Waals surface area (Å²) < 4.78 is 0. The molecule has 0 bridgehead atoms. The highest BCUT2D eigenvalue weighted by Gasteiger charge is 2.48. The van der Waals surface area contributed by atoms with Gasteiger partial charge in [-0.1, -0.05) is 39.0 Å². The molecule has 1 saturated carbocycles. The second-order valence-corrected chi connectivity index (χ2v) is 7.63. The monoisotopic (exact) mass is 343 g/mol. The van der Waals surface area contributed by atoms with Gasteiger partial charge in [-0.05, 0) is 25.7 Å². The van der Waals surface area contributed by atoms with E-state index in [4.69, 9.17) is 9.98 Å². The largest absolute Gasteiger partial charge is 0.336 e. The number of aromatic amines is 1. The van der Waals surface area contributed by atoms with E-state index < -0.39 is 0 Å². The summed E-state index contributed by atoms with van der Waals surface area (Å²) in [6, 6.07) is 0.712. The quantitative estimate of drug-likeness (QED) is 0.771. The van der Waals surface area contributed by atoms with Crippen molar-refractivity contribution in [2.75, 3.05) is 11.9 Å². The number of anilines is 1. The minimum absolute atomic E-state index is 0.00771. The summed E-state index contributed by atoms with van der Waals surface area (Å²) in [4.78, 5) is 29.5. The van der Waals surface area contributed by atoms with Crippen LogP contribution in [0.5, 0.6) is 0 Å². The molecule has 2 aliphatic heterocycles. The lowest BCUT2D eigenvalue weighted by Crippen LogP contribution is -2.51. The van der Waals surface area contributed by atoms with Crippen LogP contribution < -0.4 is 4.90 Å². The fourth-order valence-corrected chi connectivity index (χ4v) is 4.42. The average Bonchev–Trinajstić information content (AvgIpc) is 3.29. The molecule has 3 aliphatic rings. The second kappa shape index (κ2) is 6.81. The smallest absolute Gasteiger partial charge is 0.280 e. The Morgan fingerprint density at radius 2 is 1.96 bits per heavy atom. The summed E-state index contributed by atoms with van der Waals surface area (Å²) in [6.45, 7) is 2.24. The van der Waals surface area contributed by atoms with Gasteiger partial charge in [0.15, 0.2) is 5.82 Å². The number of hydrogen-bond donors (Lipinski definition) is 1. The van der Waals surface area contributed by atoms with Crippen molar-refractivity contribution in [2.45, 2.75) is 83.2 Å². The Kier molecular flexibility index (Phi) is 4.52. The Bertz CT molecular complexity index is 679. The van der Waals surface area contributed by atoms with E-state index in [0.717, 1.165) is 43.3 Å². The Hall–Kier alpha value is -1.85. The van der Waals surface area contributed by atoms with Gasteiger partial charge in [-0.2, -0.15) is 0 Å². The van der Waals surface area contributed by atoms with Crippen molar-refractivity contribution in [3.05, 3.63) is 11.5 Å². The molecule has 2 atom stereocenters. The third kappa shape index (κ3) is 2.85. The van der Waals surface area contributed by atoms with Crippen molar-refractivity contribution in [3.63, 3.8) is 0 Å². The number of hydrogen-bond acceptors (Lipinski definition) is 4. The summed E-state index contributed by atoms with van der Waals surface area (Å²) >= 11 is 0. The van der Waals surface area contributed by atoms with E-state index in [2.05, 4.69) is 16.8 Å². The van der Waals surface area contributed by atoms with Crippen molar-refractivity contribution in [1.82, 2.24) is 14.9 Å². The van der Waals surface area contributed by atoms with Gasteiger partial charge in [-0.25, -0.2) is 9.98 Å². The number of guanidine groups is 1. The van der Waals surface area contributed by atoms with Gasteiger partial charge >= 0.3 is 0 Å². The van der Waals surface area contributed by atoms with Crippen molar-refractivity contribution < 1.29 is 4.79 Å². The number of carbonyl (C=O) groups excluding carboxylic acids is 1. The molecule has 136 valence electrons. The van der Waals surface area contributed by atoms with Crippen molar-refractivity contribution in [3.8, 4) is 0 Å². The molecule has 1 aromatic rings. The first-order chi connectivity index (χ1) is 12.2. The van der Waals surface area contributed by atoms with Crippen LogP contribution in [0, 0.1) is 0 Å². The zero-order valence-electron chi connectivity index (χ0n) is 15.4. The number of amides is 1. The maximum absolute atomic E-state index is 12.7. The Morgan fingerprint density at radius 1 is 1.16 bits per heavy atom. The number of fused-ring (bicyclic) bond motifs is 5. The number of nitrogens with zero attached hydrogens (tertiary/aromatic N) is 4. The van der Waals surface area contributed by atoms with Crippen LogP contribution in [0.15, 0.2) is 4.99 Å². The summed E-state index contributed by atoms with van der Waals surface area (Å²) in [6.07, 6.45) is 12.0. The highest BCUT2D eigenvalue weighted by atomic mass is 16.2. The van der Waals surface area contributed by atoms with E-state index >= 15 is 0 Å². The maximum Gasteiger partial charge on any atom is 0.280 e. The molecule has 25 heavy (non-hydrogen) atoms. The Labute approximate surface area is 149 Å². The molecule has 1 amide bonds. The molecule has 6 heteroatoms. The van der Waals surface area contributed by atoms with E-state index in [-0.39, 0.29) is 5.91 Å². The molecule has 3 heterocycles. The van der Waals surface area contributed by atoms with E-state index in [1.807, 2.05) is 7.05 Å². The minimum atomic E-state index is -0.00771. The Morgan fingerprint density at radius 3 is 2.80 bits per heavy atom. The molecule has 1 aliphatic carbocycles. The lowest BCUT2D eigenvalue weighted by atomic mass is 10.1. The fraction of sp³-hybridized carbons (Fsp3) is 0.737. The number of rotatable bonds is 7. The molecule has 1 fully saturated rings. The highest BCUT2D eigenvalue weighted by molar-refractivity contribution is 6.18. The molecule has 4 rings (SSSR count). The minimum Gasteiger partial charge on any atom is -0.336 e. The third-order valence-electron chi connectivity index (χ3n) is 5.82. The molecule has 1 N–H and O–H groups in total. The SMILES string of the molecule is CCCCCCCCc1nc2c([nH]1)C(=O)N(C)C1=N[C@@H]3CCC[C@@H]3N12. The van der Waals surface area contributed by atoms with Gasteiger partial charge in [0.1, 0.15) is 11.5 Å². The van der Waals surface area contributed by atoms with Gasteiger partial charge in [0.05, 0.1) is 12.1 Å². The van der Waals surface area contributed by atoms with Crippen molar-refractivity contribution in [2.24, 2.45) is 4.99 Å². The number of carbonyl (C=O) groups is 1. The average molecular weight is 343 g/mol. The summed E-state index contributed by atoms with van der Waals surface area (Å²) in [5, 5.41) is 0. The van der Waals surface area contributed by atoms with Gasteiger partial charge in [0.2, 0.25) is 5.96 Å². The van der Waals surface area contributed by atoms with Crippen LogP contribution in [0.2, 0.25) is 0 Å². The fourth-order valence-electron chi connectivity index (χ4n) is 4.42. The predicted octanol–water partition coefficient (Wildman–Crippen LogP) is 3.50. The van der Waals surface area contributed by atoms with Crippen LogP contribution in [0.25, 0.3) is 0 Å². The molecule has 1 aromatic heterocycles. The highest BCUT2D eigenvalue weighted by Crippen LogP contribution is 2.39. The van der Waals surface area contributed by atoms with E-state index in [1.165, 1.54) is 38.5 Å². The molecule has 0 unspecified atom stereocenters. The van der Waals surface area contributed by atoms with Gasteiger partial charge in [0.25, 0.3) is 5.91 Å². The van der Waals surface area contributed by atoms with Gasteiger partial charge in [-0.3, -0.25) is 14.6 Å². The number of aryl methyl sites for hydroxylation is 1. The standard InChI is InChI=1S/C19H29N5O/c1-3-4-5-6-7-8-12-15-21-16-17(22-15)24-14-11-9-10-13(14)20-19(24)23(2)18(16)25/h13-14H,3-12H2,1-2H3,(H,21,22)/t13-,14+/m1/s1. The summed E-state index contributed by atoms with van der Waals surface area (Å²) in [5.41, 5.74) is 0.648. The molecule has 0 spiro atoms.